The number of rotatable bonds is 2. The van der Waals surface area contributed by atoms with E-state index in [1.807, 2.05) is 42.5 Å². The summed E-state index contributed by atoms with van der Waals surface area (Å²) in [6.07, 6.45) is 4.31. The van der Waals surface area contributed by atoms with Gasteiger partial charge in [-0.15, -0.1) is 0 Å². The second-order valence-corrected chi connectivity index (χ2v) is 2.28. The summed E-state index contributed by atoms with van der Waals surface area (Å²) in [6.45, 7) is 0. The largest absolute Gasteiger partial charge is 0.482 e. The maximum atomic E-state index is 5.41. The normalized spacial score (nSPS) is 15.2. The van der Waals surface area contributed by atoms with Crippen LogP contribution >= 0.6 is 0 Å². The molecule has 0 atom stereocenters. The highest BCUT2D eigenvalue weighted by atomic mass is 16.5. The molecule has 2 rings (SSSR count). The summed E-state index contributed by atoms with van der Waals surface area (Å²) in [5, 5.41) is 0. The summed E-state index contributed by atoms with van der Waals surface area (Å²) in [6, 6.07) is 9.84. The lowest BCUT2D eigenvalue weighted by Gasteiger charge is -2.01. The molecule has 50 valence electrons. The first-order valence-electron chi connectivity index (χ1n) is 3.35. The molecular formula is C9H8O. The zero-order valence-corrected chi connectivity index (χ0v) is 5.53. The molecule has 0 N–H and O–H groups in total. The predicted octanol–water partition coefficient (Wildman–Crippen LogP) is 2.00. The molecule has 0 spiro atoms. The van der Waals surface area contributed by atoms with Crippen LogP contribution in [0.25, 0.3) is 0 Å². The summed E-state index contributed by atoms with van der Waals surface area (Å²) in [7, 11) is 0. The summed E-state index contributed by atoms with van der Waals surface area (Å²) < 4.78 is 5.41. The van der Waals surface area contributed by atoms with Crippen LogP contribution in [0.15, 0.2) is 42.5 Å². The van der Waals surface area contributed by atoms with E-state index in [0.717, 1.165) is 5.75 Å². The number of hydrogen-bond acceptors (Lipinski definition) is 1. The van der Waals surface area contributed by atoms with Gasteiger partial charge in [0, 0.05) is 0 Å². The van der Waals surface area contributed by atoms with Crippen molar-refractivity contribution in [3.05, 3.63) is 42.5 Å². The van der Waals surface area contributed by atoms with Crippen LogP contribution in [-0.2, 0) is 0 Å². The molecule has 1 aromatic carbocycles. The van der Waals surface area contributed by atoms with E-state index in [4.69, 9.17) is 4.74 Å². The Hall–Kier alpha value is -1.24. The van der Waals surface area contributed by atoms with Gasteiger partial charge < -0.3 is 4.74 Å². The maximum Gasteiger partial charge on any atom is 0.135 e. The number of ether oxygens (including phenoxy) is 1. The fourth-order valence-electron chi connectivity index (χ4n) is 0.780. The first kappa shape index (κ1) is 5.54. The van der Waals surface area contributed by atoms with E-state index in [2.05, 4.69) is 0 Å². The van der Waals surface area contributed by atoms with Crippen LogP contribution in [0.5, 0.6) is 5.75 Å². The van der Waals surface area contributed by atoms with Crippen LogP contribution in [-0.4, -0.2) is 6.10 Å². The van der Waals surface area contributed by atoms with E-state index in [-0.39, 0.29) is 6.10 Å². The smallest absolute Gasteiger partial charge is 0.135 e. The molecular weight excluding hydrogens is 124 g/mol. The van der Waals surface area contributed by atoms with Crippen molar-refractivity contribution in [1.29, 1.82) is 0 Å². The third-order valence-corrected chi connectivity index (χ3v) is 1.36. The maximum absolute atomic E-state index is 5.41. The SMILES string of the molecule is C1=CC1Oc1ccccc1. The second kappa shape index (κ2) is 2.18. The van der Waals surface area contributed by atoms with Crippen molar-refractivity contribution < 1.29 is 4.74 Å². The highest BCUT2D eigenvalue weighted by molar-refractivity contribution is 5.26. The van der Waals surface area contributed by atoms with Crippen LogP contribution < -0.4 is 4.74 Å². The highest BCUT2D eigenvalue weighted by Crippen LogP contribution is 2.17. The molecule has 1 nitrogen and oxygen atoms in total. The average molecular weight is 132 g/mol. The third kappa shape index (κ3) is 1.18. The lowest BCUT2D eigenvalue weighted by molar-refractivity contribution is 0.326. The molecule has 1 aliphatic rings. The molecule has 0 saturated carbocycles. The van der Waals surface area contributed by atoms with Gasteiger partial charge in [-0.3, -0.25) is 0 Å². The molecule has 0 amide bonds. The van der Waals surface area contributed by atoms with Crippen molar-refractivity contribution in [2.75, 3.05) is 0 Å². The van der Waals surface area contributed by atoms with Gasteiger partial charge in [0.1, 0.15) is 11.9 Å². The lowest BCUT2D eigenvalue weighted by Crippen LogP contribution is -1.96. The van der Waals surface area contributed by atoms with Gasteiger partial charge >= 0.3 is 0 Å². The van der Waals surface area contributed by atoms with E-state index >= 15 is 0 Å². The molecule has 0 fully saturated rings. The van der Waals surface area contributed by atoms with E-state index in [1.54, 1.807) is 0 Å². The van der Waals surface area contributed by atoms with Gasteiger partial charge in [-0.1, -0.05) is 18.2 Å². The Morgan fingerprint density at radius 2 is 1.70 bits per heavy atom. The predicted molar refractivity (Wildman–Crippen MR) is 40.0 cm³/mol. The van der Waals surface area contributed by atoms with Gasteiger partial charge in [-0.2, -0.15) is 0 Å². The van der Waals surface area contributed by atoms with Crippen molar-refractivity contribution in [2.45, 2.75) is 6.10 Å². The lowest BCUT2D eigenvalue weighted by atomic mass is 10.3. The Balaban J connectivity index is 2.04. The zero-order chi connectivity index (χ0) is 6.81. The van der Waals surface area contributed by atoms with Gasteiger partial charge in [-0.25, -0.2) is 0 Å². The summed E-state index contributed by atoms with van der Waals surface area (Å²) in [5.41, 5.74) is 0. The first-order chi connectivity index (χ1) is 4.95. The average Bonchev–Trinajstić information content (AvgIpc) is 2.74. The zero-order valence-electron chi connectivity index (χ0n) is 5.53. The molecule has 0 radical (unpaired) electrons. The number of para-hydroxylation sites is 1. The van der Waals surface area contributed by atoms with Crippen molar-refractivity contribution >= 4 is 0 Å². The molecule has 1 aromatic rings. The molecule has 1 heteroatoms. The van der Waals surface area contributed by atoms with Crippen LogP contribution in [0.3, 0.4) is 0 Å². The number of benzene rings is 1. The van der Waals surface area contributed by atoms with E-state index in [1.165, 1.54) is 0 Å². The molecule has 1 aliphatic carbocycles. The minimum Gasteiger partial charge on any atom is -0.482 e. The minimum atomic E-state index is 0.266. The van der Waals surface area contributed by atoms with Gasteiger partial charge in [0.2, 0.25) is 0 Å². The van der Waals surface area contributed by atoms with Gasteiger partial charge in [0.25, 0.3) is 0 Å². The van der Waals surface area contributed by atoms with E-state index < -0.39 is 0 Å². The summed E-state index contributed by atoms with van der Waals surface area (Å²) >= 11 is 0. The Morgan fingerprint density at radius 1 is 1.00 bits per heavy atom. The highest BCUT2D eigenvalue weighted by Gasteiger charge is 2.11. The van der Waals surface area contributed by atoms with Gasteiger partial charge in [-0.05, 0) is 24.3 Å². The second-order valence-electron chi connectivity index (χ2n) is 2.28. The Bertz CT molecular complexity index is 232. The number of hydrogen-bond donors (Lipinski definition) is 0. The molecule has 0 aromatic heterocycles. The Labute approximate surface area is 59.9 Å². The van der Waals surface area contributed by atoms with Crippen molar-refractivity contribution in [1.82, 2.24) is 0 Å². The fourth-order valence-corrected chi connectivity index (χ4v) is 0.780. The summed E-state index contributed by atoms with van der Waals surface area (Å²) in [4.78, 5) is 0. The molecule has 10 heavy (non-hydrogen) atoms. The third-order valence-electron chi connectivity index (χ3n) is 1.36. The topological polar surface area (TPSA) is 9.23 Å². The van der Waals surface area contributed by atoms with Crippen LogP contribution in [0.4, 0.5) is 0 Å². The van der Waals surface area contributed by atoms with Crippen molar-refractivity contribution in [2.24, 2.45) is 0 Å². The Morgan fingerprint density at radius 3 is 2.30 bits per heavy atom. The van der Waals surface area contributed by atoms with Gasteiger partial charge in [0.15, 0.2) is 0 Å². The first-order valence-corrected chi connectivity index (χ1v) is 3.35. The molecule has 0 heterocycles. The summed E-state index contributed by atoms with van der Waals surface area (Å²) in [5.74, 6) is 0.942. The van der Waals surface area contributed by atoms with E-state index in [0.29, 0.717) is 0 Å². The molecule has 0 aliphatic heterocycles. The monoisotopic (exact) mass is 132 g/mol. The van der Waals surface area contributed by atoms with Crippen molar-refractivity contribution in [3.63, 3.8) is 0 Å². The fraction of sp³-hybridized carbons (Fsp3) is 0.111. The molecule has 0 unspecified atom stereocenters. The standard InChI is InChI=1S/C9H8O/c1-2-4-8(5-3-1)10-9-6-7-9/h1-7,9H. The Kier molecular flexibility index (Phi) is 1.21. The minimum absolute atomic E-state index is 0.266. The van der Waals surface area contributed by atoms with E-state index in [9.17, 15) is 0 Å². The molecule has 0 bridgehead atoms. The van der Waals surface area contributed by atoms with Crippen LogP contribution in [0.1, 0.15) is 0 Å². The van der Waals surface area contributed by atoms with Crippen LogP contribution in [0, 0.1) is 0 Å². The van der Waals surface area contributed by atoms with Crippen LogP contribution in [0.2, 0.25) is 0 Å². The molecule has 0 saturated heterocycles. The quantitative estimate of drug-likeness (QED) is 0.559. The van der Waals surface area contributed by atoms with Gasteiger partial charge in [0.05, 0.1) is 0 Å². The van der Waals surface area contributed by atoms with Crippen molar-refractivity contribution in [3.8, 4) is 5.75 Å².